The predicted molar refractivity (Wildman–Crippen MR) is 102 cm³/mol. The molecule has 2 aromatic rings. The number of aromatic nitrogens is 1. The Morgan fingerprint density at radius 3 is 2.77 bits per heavy atom. The van der Waals surface area contributed by atoms with Crippen molar-refractivity contribution < 1.29 is 9.53 Å². The van der Waals surface area contributed by atoms with Crippen LogP contribution in [0.3, 0.4) is 0 Å². The summed E-state index contributed by atoms with van der Waals surface area (Å²) in [7, 11) is 0. The van der Waals surface area contributed by atoms with Gasteiger partial charge < -0.3 is 14.6 Å². The van der Waals surface area contributed by atoms with E-state index in [1.165, 1.54) is 10.6 Å². The maximum absolute atomic E-state index is 12.5. The van der Waals surface area contributed by atoms with Gasteiger partial charge in [0.05, 0.1) is 12.2 Å². The first-order valence-electron chi connectivity index (χ1n) is 8.92. The molecule has 0 atom stereocenters. The minimum atomic E-state index is -0.155. The van der Waals surface area contributed by atoms with Crippen molar-refractivity contribution in [1.82, 2.24) is 9.88 Å². The predicted octanol–water partition coefficient (Wildman–Crippen LogP) is 3.21. The van der Waals surface area contributed by atoms with Gasteiger partial charge in [0.25, 0.3) is 11.5 Å². The Morgan fingerprint density at radius 2 is 2.04 bits per heavy atom. The van der Waals surface area contributed by atoms with Crippen molar-refractivity contribution in [1.29, 1.82) is 0 Å². The van der Waals surface area contributed by atoms with Crippen molar-refractivity contribution >= 4 is 17.5 Å². The molecule has 5 nitrogen and oxygen atoms in total. The molecule has 138 valence electrons. The third kappa shape index (κ3) is 4.34. The molecule has 6 heteroatoms. The normalized spacial score (nSPS) is 19.0. The van der Waals surface area contributed by atoms with Gasteiger partial charge in [-0.25, -0.2) is 0 Å². The van der Waals surface area contributed by atoms with E-state index in [4.69, 9.17) is 16.3 Å². The minimum absolute atomic E-state index is 0.132. The van der Waals surface area contributed by atoms with Crippen molar-refractivity contribution in [2.75, 3.05) is 13.2 Å². The van der Waals surface area contributed by atoms with Crippen LogP contribution in [0.15, 0.2) is 47.4 Å². The molecule has 1 N–H and O–H groups in total. The molecular weight excluding hydrogens is 352 g/mol. The van der Waals surface area contributed by atoms with Crippen LogP contribution in [-0.2, 0) is 11.3 Å². The van der Waals surface area contributed by atoms with E-state index >= 15 is 0 Å². The quantitative estimate of drug-likeness (QED) is 0.757. The smallest absolute Gasteiger partial charge is 0.252 e. The number of pyridine rings is 1. The first-order chi connectivity index (χ1) is 12.6. The summed E-state index contributed by atoms with van der Waals surface area (Å²) in [6.45, 7) is 3.39. The zero-order valence-electron chi connectivity index (χ0n) is 14.8. The lowest BCUT2D eigenvalue weighted by Crippen LogP contribution is -2.43. The van der Waals surface area contributed by atoms with Gasteiger partial charge in [-0.3, -0.25) is 9.59 Å². The second-order valence-electron chi connectivity index (χ2n) is 6.51. The third-order valence-electron chi connectivity index (χ3n) is 4.74. The molecule has 1 aliphatic rings. The van der Waals surface area contributed by atoms with Gasteiger partial charge in [-0.05, 0) is 43.4 Å². The molecular formula is C20H23ClN2O3. The summed E-state index contributed by atoms with van der Waals surface area (Å²) < 4.78 is 6.79. The lowest BCUT2D eigenvalue weighted by Gasteiger charge is -2.36. The molecule has 0 saturated heterocycles. The lowest BCUT2D eigenvalue weighted by atomic mass is 9.76. The van der Waals surface area contributed by atoms with Crippen molar-refractivity contribution in [3.05, 3.63) is 69.1 Å². The van der Waals surface area contributed by atoms with Gasteiger partial charge in [0.2, 0.25) is 0 Å². The topological polar surface area (TPSA) is 60.3 Å². The van der Waals surface area contributed by atoms with Crippen LogP contribution in [0.25, 0.3) is 0 Å². The molecule has 0 unspecified atom stereocenters. The molecule has 0 spiro atoms. The van der Waals surface area contributed by atoms with E-state index in [2.05, 4.69) is 5.32 Å². The van der Waals surface area contributed by atoms with Crippen LogP contribution in [0.4, 0.5) is 0 Å². The first kappa shape index (κ1) is 18.7. The van der Waals surface area contributed by atoms with E-state index in [0.717, 1.165) is 23.4 Å². The highest BCUT2D eigenvalue weighted by Gasteiger charge is 2.32. The number of carbonyl (C=O) groups is 1. The minimum Gasteiger partial charge on any atom is -0.380 e. The van der Waals surface area contributed by atoms with Crippen molar-refractivity contribution in [3.63, 3.8) is 0 Å². The zero-order valence-corrected chi connectivity index (χ0v) is 15.5. The van der Waals surface area contributed by atoms with Gasteiger partial charge in [-0.15, -0.1) is 0 Å². The Balaban J connectivity index is 1.57. The highest BCUT2D eigenvalue weighted by molar-refractivity contribution is 6.31. The van der Waals surface area contributed by atoms with Crippen LogP contribution in [0.2, 0.25) is 5.02 Å². The summed E-state index contributed by atoms with van der Waals surface area (Å²) in [4.78, 5) is 24.3. The molecule has 0 bridgehead atoms. The molecule has 1 fully saturated rings. The van der Waals surface area contributed by atoms with Crippen LogP contribution in [-0.4, -0.2) is 29.7 Å². The van der Waals surface area contributed by atoms with Crippen LogP contribution in [0.5, 0.6) is 0 Å². The average Bonchev–Trinajstić information content (AvgIpc) is 2.60. The van der Waals surface area contributed by atoms with Gasteiger partial charge in [0, 0.05) is 36.5 Å². The second kappa shape index (κ2) is 8.52. The van der Waals surface area contributed by atoms with Crippen LogP contribution < -0.4 is 10.9 Å². The molecule has 1 saturated carbocycles. The summed E-state index contributed by atoms with van der Waals surface area (Å²) in [5.41, 5.74) is 1.50. The highest BCUT2D eigenvalue weighted by Crippen LogP contribution is 2.39. The Kier molecular flexibility index (Phi) is 6.12. The van der Waals surface area contributed by atoms with Gasteiger partial charge in [-0.2, -0.15) is 0 Å². The van der Waals surface area contributed by atoms with E-state index in [-0.39, 0.29) is 17.5 Å². The average molecular weight is 375 g/mol. The SMILES string of the molecule is CCOCCn1cc(C(=O)NC2CC(c3ccccc3Cl)C2)ccc1=O. The van der Waals surface area contributed by atoms with Crippen molar-refractivity contribution in [3.8, 4) is 0 Å². The molecule has 1 aromatic carbocycles. The Labute approximate surface area is 157 Å². The molecule has 1 heterocycles. The van der Waals surface area contributed by atoms with E-state index in [9.17, 15) is 9.59 Å². The standard InChI is InChI=1S/C20H23ClN2O3/c1-2-26-10-9-23-13-14(7-8-19(23)24)20(25)22-16-11-15(12-16)17-5-3-4-6-18(17)21/h3-8,13,15-16H,2,9-12H2,1H3,(H,22,25). The third-order valence-corrected chi connectivity index (χ3v) is 5.09. The fraction of sp³-hybridized carbons (Fsp3) is 0.400. The van der Waals surface area contributed by atoms with E-state index in [1.807, 2.05) is 31.2 Å². The summed E-state index contributed by atoms with van der Waals surface area (Å²) in [6.07, 6.45) is 3.35. The Bertz CT molecular complexity index is 828. The molecule has 1 amide bonds. The van der Waals surface area contributed by atoms with Gasteiger partial charge >= 0.3 is 0 Å². The molecule has 26 heavy (non-hydrogen) atoms. The van der Waals surface area contributed by atoms with Crippen molar-refractivity contribution in [2.24, 2.45) is 0 Å². The van der Waals surface area contributed by atoms with Gasteiger partial charge in [0.15, 0.2) is 0 Å². The number of amides is 1. The largest absolute Gasteiger partial charge is 0.380 e. The number of nitrogens with one attached hydrogen (secondary N) is 1. The maximum Gasteiger partial charge on any atom is 0.252 e. The molecule has 0 aliphatic heterocycles. The maximum atomic E-state index is 12.5. The number of halogens is 1. The molecule has 1 aliphatic carbocycles. The second-order valence-corrected chi connectivity index (χ2v) is 6.91. The highest BCUT2D eigenvalue weighted by atomic mass is 35.5. The first-order valence-corrected chi connectivity index (χ1v) is 9.29. The lowest BCUT2D eigenvalue weighted by molar-refractivity contribution is 0.0907. The number of nitrogens with zero attached hydrogens (tertiary/aromatic N) is 1. The number of hydrogen-bond acceptors (Lipinski definition) is 3. The number of ether oxygens (including phenoxy) is 1. The fourth-order valence-corrected chi connectivity index (χ4v) is 3.50. The number of carbonyl (C=O) groups excluding carboxylic acids is 1. The van der Waals surface area contributed by atoms with E-state index in [1.54, 1.807) is 12.3 Å². The fourth-order valence-electron chi connectivity index (χ4n) is 3.21. The summed E-state index contributed by atoms with van der Waals surface area (Å²) in [5.74, 6) is 0.229. The number of benzene rings is 1. The van der Waals surface area contributed by atoms with E-state index in [0.29, 0.717) is 31.2 Å². The molecule has 1 aromatic heterocycles. The van der Waals surface area contributed by atoms with Crippen LogP contribution in [0.1, 0.15) is 41.6 Å². The summed E-state index contributed by atoms with van der Waals surface area (Å²) >= 11 is 6.24. The van der Waals surface area contributed by atoms with Crippen molar-refractivity contribution in [2.45, 2.75) is 38.3 Å². The monoisotopic (exact) mass is 374 g/mol. The number of hydrogen-bond donors (Lipinski definition) is 1. The summed E-state index contributed by atoms with van der Waals surface area (Å²) in [5, 5.41) is 3.82. The molecule has 0 radical (unpaired) electrons. The van der Waals surface area contributed by atoms with E-state index < -0.39 is 0 Å². The van der Waals surface area contributed by atoms with Gasteiger partial charge in [0.1, 0.15) is 0 Å². The number of rotatable bonds is 7. The Hall–Kier alpha value is -2.11. The van der Waals surface area contributed by atoms with Crippen LogP contribution in [0, 0.1) is 0 Å². The van der Waals surface area contributed by atoms with Gasteiger partial charge in [-0.1, -0.05) is 29.8 Å². The van der Waals surface area contributed by atoms with Crippen LogP contribution >= 0.6 is 11.6 Å². The zero-order chi connectivity index (χ0) is 18.5. The summed E-state index contributed by atoms with van der Waals surface area (Å²) in [6, 6.07) is 11.0. The Morgan fingerprint density at radius 1 is 1.27 bits per heavy atom. The molecule has 3 rings (SSSR count).